The minimum Gasteiger partial charge on any atom is -0.508 e. The second-order valence-electron chi connectivity index (χ2n) is 16.4. The summed E-state index contributed by atoms with van der Waals surface area (Å²) < 4.78 is 22.5. The Balaban J connectivity index is 0.868. The lowest BCUT2D eigenvalue weighted by Gasteiger charge is -2.36. The van der Waals surface area contributed by atoms with Crippen molar-refractivity contribution in [3.8, 4) is 51.7 Å². The standard InChI is InChI=1S/C47H47N7O10/c1-6-29-31-19-28(55)9-10-36(31)48-41-33(29)23-53-38(41)21-35-34(43(53)58)24-63-44(59)47(35,7-2)64-46(61)51(5)14-16-62-17-15-52-13-12-26-18-27(8-11-37(26)52)54-42(49-50-45(54)60)32-20-30(25(3)4)39(56)22-40(32)57/h8-13,18-22,25,55-57H,6-7,14-17,23-24H2,1-5H3,(H,50,60)/t47-/m1/s1. The van der Waals surface area contributed by atoms with E-state index < -0.39 is 17.7 Å². The van der Waals surface area contributed by atoms with Gasteiger partial charge in [0.1, 0.15) is 23.9 Å². The molecule has 3 aromatic carbocycles. The molecule has 1 amide bonds. The highest BCUT2D eigenvalue weighted by Crippen LogP contribution is 2.43. The van der Waals surface area contributed by atoms with Gasteiger partial charge in [-0.2, -0.15) is 0 Å². The highest BCUT2D eigenvalue weighted by molar-refractivity contribution is 5.91. The van der Waals surface area contributed by atoms with Crippen molar-refractivity contribution in [3.63, 3.8) is 0 Å². The molecule has 6 heterocycles. The first-order chi connectivity index (χ1) is 30.7. The minimum atomic E-state index is -1.87. The molecule has 0 aliphatic carbocycles. The van der Waals surface area contributed by atoms with Crippen molar-refractivity contribution in [2.24, 2.45) is 0 Å². The monoisotopic (exact) mass is 869 g/mol. The van der Waals surface area contributed by atoms with E-state index in [0.29, 0.717) is 53.3 Å². The smallest absolute Gasteiger partial charge is 0.411 e. The van der Waals surface area contributed by atoms with E-state index in [2.05, 4.69) is 10.2 Å². The lowest BCUT2D eigenvalue weighted by Crippen LogP contribution is -2.49. The topological polar surface area (TPSA) is 217 Å². The van der Waals surface area contributed by atoms with Gasteiger partial charge in [0.05, 0.1) is 53.5 Å². The van der Waals surface area contributed by atoms with Crippen LogP contribution in [0.25, 0.3) is 50.3 Å². The first kappa shape index (κ1) is 41.9. The van der Waals surface area contributed by atoms with Crippen LogP contribution in [0.1, 0.15) is 67.9 Å². The molecule has 0 spiro atoms. The van der Waals surface area contributed by atoms with Gasteiger partial charge < -0.3 is 48.7 Å². The fraction of sp³-hybridized carbons (Fsp3) is 0.319. The third-order valence-corrected chi connectivity index (χ3v) is 12.4. The SMILES string of the molecule is CCc1c2c(nc3ccc(O)cc13)-c1cc3c(c(=O)n1C2)COC(=O)[C@]3(CC)OC(=O)N(C)CCOCCn1ccc2cc(-n3c(O)nnc3-c3cc(C(C)C)c(O)cc3O)ccc21. The molecular weight excluding hydrogens is 823 g/mol. The molecule has 4 aromatic heterocycles. The van der Waals surface area contributed by atoms with Crippen LogP contribution in [0.4, 0.5) is 4.79 Å². The van der Waals surface area contributed by atoms with Crippen LogP contribution in [0.15, 0.2) is 71.7 Å². The van der Waals surface area contributed by atoms with E-state index in [-0.39, 0.29) is 84.4 Å². The van der Waals surface area contributed by atoms with E-state index in [9.17, 15) is 34.8 Å². The van der Waals surface area contributed by atoms with Crippen molar-refractivity contribution in [3.05, 3.63) is 105 Å². The number of likely N-dealkylation sites (N-methyl/N-ethyl adjacent to an activating group) is 1. The lowest BCUT2D eigenvalue weighted by atomic mass is 9.85. The number of ether oxygens (including phenoxy) is 3. The van der Waals surface area contributed by atoms with Crippen LogP contribution in [-0.2, 0) is 50.7 Å². The summed E-state index contributed by atoms with van der Waals surface area (Å²) in [6.45, 7) is 8.65. The van der Waals surface area contributed by atoms with Crippen LogP contribution >= 0.6 is 0 Å². The van der Waals surface area contributed by atoms with E-state index in [4.69, 9.17) is 19.2 Å². The van der Waals surface area contributed by atoms with Gasteiger partial charge in [0.25, 0.3) is 5.56 Å². The van der Waals surface area contributed by atoms with Crippen LogP contribution < -0.4 is 5.56 Å². The van der Waals surface area contributed by atoms with Gasteiger partial charge >= 0.3 is 18.1 Å². The highest BCUT2D eigenvalue weighted by atomic mass is 16.6. The van der Waals surface area contributed by atoms with Gasteiger partial charge in [0, 0.05) is 59.8 Å². The molecule has 9 rings (SSSR count). The molecular formula is C47H47N7O10. The number of aromatic hydroxyl groups is 4. The summed E-state index contributed by atoms with van der Waals surface area (Å²) in [6, 6.07) is 16.7. The molecule has 0 saturated carbocycles. The van der Waals surface area contributed by atoms with Crippen molar-refractivity contribution in [2.45, 2.75) is 71.8 Å². The fourth-order valence-electron chi connectivity index (χ4n) is 8.94. The van der Waals surface area contributed by atoms with Crippen LogP contribution in [0.3, 0.4) is 0 Å². The highest BCUT2D eigenvalue weighted by Gasteiger charge is 2.51. The summed E-state index contributed by atoms with van der Waals surface area (Å²) in [7, 11) is 1.54. The van der Waals surface area contributed by atoms with Gasteiger partial charge in [-0.1, -0.05) is 32.8 Å². The Kier molecular flexibility index (Phi) is 10.5. The Bertz CT molecular complexity index is 3100. The number of hydrogen-bond donors (Lipinski definition) is 4. The molecule has 17 nitrogen and oxygen atoms in total. The summed E-state index contributed by atoms with van der Waals surface area (Å²) in [5.41, 5.74) is 4.27. The van der Waals surface area contributed by atoms with Crippen LogP contribution in [0.2, 0.25) is 0 Å². The zero-order chi connectivity index (χ0) is 45.2. The normalized spacial score (nSPS) is 15.4. The number of cyclic esters (lactones) is 1. The quantitative estimate of drug-likeness (QED) is 0.0755. The average Bonchev–Trinajstić information content (AvgIpc) is 3.98. The Morgan fingerprint density at radius 1 is 0.953 bits per heavy atom. The average molecular weight is 870 g/mol. The Morgan fingerprint density at radius 2 is 1.77 bits per heavy atom. The van der Waals surface area contributed by atoms with Crippen LogP contribution in [0, 0.1) is 0 Å². The number of aryl methyl sites for hydroxylation is 1. The van der Waals surface area contributed by atoms with Gasteiger partial charge in [-0.25, -0.2) is 19.1 Å². The maximum absolute atomic E-state index is 14.1. The third-order valence-electron chi connectivity index (χ3n) is 12.4. The largest absolute Gasteiger partial charge is 0.508 e. The Morgan fingerprint density at radius 3 is 2.53 bits per heavy atom. The minimum absolute atomic E-state index is 0.0182. The number of amides is 1. The molecule has 0 bridgehead atoms. The number of fused-ring (bicyclic) bond motifs is 6. The second-order valence-corrected chi connectivity index (χ2v) is 16.4. The van der Waals surface area contributed by atoms with Crippen molar-refractivity contribution in [2.75, 3.05) is 26.8 Å². The fourth-order valence-corrected chi connectivity index (χ4v) is 8.94. The van der Waals surface area contributed by atoms with Crippen molar-refractivity contribution < 1.29 is 44.2 Å². The lowest BCUT2D eigenvalue weighted by molar-refractivity contribution is -0.173. The van der Waals surface area contributed by atoms with E-state index in [1.807, 2.05) is 49.7 Å². The maximum atomic E-state index is 14.1. The Labute approximate surface area is 366 Å². The number of nitrogens with zero attached hydrogens (tertiary/aromatic N) is 7. The predicted molar refractivity (Wildman–Crippen MR) is 235 cm³/mol. The van der Waals surface area contributed by atoms with Crippen LogP contribution in [-0.4, -0.2) is 93.1 Å². The molecule has 4 N–H and O–H groups in total. The van der Waals surface area contributed by atoms with Gasteiger partial charge in [-0.15, -0.1) is 5.10 Å². The van der Waals surface area contributed by atoms with Crippen molar-refractivity contribution in [1.82, 2.24) is 33.8 Å². The summed E-state index contributed by atoms with van der Waals surface area (Å²) in [4.78, 5) is 47.6. The van der Waals surface area contributed by atoms with Gasteiger partial charge in [0.15, 0.2) is 5.82 Å². The molecule has 64 heavy (non-hydrogen) atoms. The van der Waals surface area contributed by atoms with E-state index >= 15 is 0 Å². The predicted octanol–water partition coefficient (Wildman–Crippen LogP) is 6.58. The number of benzene rings is 3. The molecule has 2 aliphatic heterocycles. The van der Waals surface area contributed by atoms with Gasteiger partial charge in [-0.3, -0.25) is 4.79 Å². The molecule has 1 atom stereocenters. The number of rotatable bonds is 12. The molecule has 0 unspecified atom stereocenters. The number of esters is 1. The van der Waals surface area contributed by atoms with E-state index in [0.717, 1.165) is 27.4 Å². The number of carbonyl (C=O) groups is 2. The summed E-state index contributed by atoms with van der Waals surface area (Å²) in [6.07, 6.45) is 1.78. The second kappa shape index (κ2) is 16.1. The summed E-state index contributed by atoms with van der Waals surface area (Å²) in [5, 5.41) is 51.7. The molecule has 0 radical (unpaired) electrons. The number of hydrogen-bond acceptors (Lipinski definition) is 13. The van der Waals surface area contributed by atoms with Crippen molar-refractivity contribution >= 4 is 33.9 Å². The molecule has 2 aliphatic rings. The van der Waals surface area contributed by atoms with E-state index in [1.54, 1.807) is 54.9 Å². The number of phenols is 3. The van der Waals surface area contributed by atoms with Crippen LogP contribution in [0.5, 0.6) is 23.3 Å². The molecule has 330 valence electrons. The van der Waals surface area contributed by atoms with Gasteiger partial charge in [-0.05, 0) is 84.5 Å². The van der Waals surface area contributed by atoms with E-state index in [1.165, 1.54) is 15.5 Å². The number of aromatic nitrogens is 6. The first-order valence-electron chi connectivity index (χ1n) is 21.2. The number of carbonyl (C=O) groups excluding carboxylic acids is 2. The summed E-state index contributed by atoms with van der Waals surface area (Å²) in [5.74, 6) is -0.712. The number of pyridine rings is 2. The zero-order valence-electron chi connectivity index (χ0n) is 36.0. The molecule has 17 heteroatoms. The Hall–Kier alpha value is -7.40. The number of phenolic OH excluding ortho intramolecular Hbond substituents is 3. The maximum Gasteiger partial charge on any atom is 0.411 e. The summed E-state index contributed by atoms with van der Waals surface area (Å²) >= 11 is 0. The molecule has 0 fully saturated rings. The molecule has 7 aromatic rings. The zero-order valence-corrected chi connectivity index (χ0v) is 36.0. The third kappa shape index (κ3) is 6.83. The van der Waals surface area contributed by atoms with Crippen molar-refractivity contribution in [1.29, 1.82) is 0 Å². The van der Waals surface area contributed by atoms with Gasteiger partial charge in [0.2, 0.25) is 5.60 Å². The first-order valence-corrected chi connectivity index (χ1v) is 21.2. The molecule has 0 saturated heterocycles.